The van der Waals surface area contributed by atoms with Crippen LogP contribution in [0.5, 0.6) is 0 Å². The van der Waals surface area contributed by atoms with E-state index >= 15 is 0 Å². The molecule has 0 bridgehead atoms. The van der Waals surface area contributed by atoms with E-state index in [2.05, 4.69) is 4.18 Å². The Kier molecular flexibility index (Phi) is 5.45. The molecule has 16 heavy (non-hydrogen) atoms. The van der Waals surface area contributed by atoms with Crippen molar-refractivity contribution in [3.05, 3.63) is 35.9 Å². The van der Waals surface area contributed by atoms with Gasteiger partial charge in [-0.05, 0) is 18.4 Å². The summed E-state index contributed by atoms with van der Waals surface area (Å²) in [7, 11) is -3.08. The molecule has 90 valence electrons. The Balaban J connectivity index is 0.000000160. The zero-order valence-corrected chi connectivity index (χ0v) is 9.95. The average Bonchev–Trinajstić information content (AvgIpc) is 2.31. The third kappa shape index (κ3) is 5.25. The number of hydrogen-bond donors (Lipinski definition) is 1. The molecule has 5 heteroatoms. The van der Waals surface area contributed by atoms with E-state index in [0.29, 0.717) is 13.2 Å². The van der Waals surface area contributed by atoms with Crippen LogP contribution in [0.25, 0.3) is 0 Å². The summed E-state index contributed by atoms with van der Waals surface area (Å²) in [5.41, 5.74) is 6.54. The highest BCUT2D eigenvalue weighted by atomic mass is 32.2. The predicted molar refractivity (Wildman–Crippen MR) is 63.3 cm³/mol. The lowest BCUT2D eigenvalue weighted by atomic mass is 10.2. The summed E-state index contributed by atoms with van der Waals surface area (Å²) in [5, 5.41) is 0. The van der Waals surface area contributed by atoms with Crippen molar-refractivity contribution in [1.29, 1.82) is 0 Å². The van der Waals surface area contributed by atoms with Gasteiger partial charge in [-0.1, -0.05) is 30.3 Å². The first kappa shape index (κ1) is 13.2. The van der Waals surface area contributed by atoms with E-state index in [1.54, 1.807) is 0 Å². The second-order valence-corrected chi connectivity index (χ2v) is 5.24. The number of nitrogens with two attached hydrogens (primary N) is 1. The van der Waals surface area contributed by atoms with Crippen LogP contribution >= 0.6 is 0 Å². The molecule has 0 spiro atoms. The maximum Gasteiger partial charge on any atom is 0.267 e. The molecule has 1 fully saturated rings. The highest BCUT2D eigenvalue weighted by Crippen LogP contribution is 2.06. The molecule has 0 unspecified atom stereocenters. The van der Waals surface area contributed by atoms with E-state index in [1.807, 2.05) is 30.3 Å². The number of hydrogen-bond acceptors (Lipinski definition) is 4. The molecule has 1 aliphatic heterocycles. The highest BCUT2D eigenvalue weighted by molar-refractivity contribution is 7.86. The van der Waals surface area contributed by atoms with Gasteiger partial charge in [-0.3, -0.25) is 4.18 Å². The minimum absolute atomic E-state index is 0.201. The van der Waals surface area contributed by atoms with Gasteiger partial charge in [0, 0.05) is 6.54 Å². The summed E-state index contributed by atoms with van der Waals surface area (Å²) in [5.74, 6) is 0.201. The Bertz CT molecular complexity index is 377. The smallest absolute Gasteiger partial charge is 0.267 e. The van der Waals surface area contributed by atoms with E-state index in [9.17, 15) is 8.42 Å². The molecule has 4 nitrogen and oxygen atoms in total. The zero-order chi connectivity index (χ0) is 11.9. The molecule has 0 atom stereocenters. The molecule has 0 radical (unpaired) electrons. The van der Waals surface area contributed by atoms with Gasteiger partial charge in [0.15, 0.2) is 0 Å². The van der Waals surface area contributed by atoms with Crippen LogP contribution in [0.2, 0.25) is 0 Å². The van der Waals surface area contributed by atoms with Gasteiger partial charge in [0.25, 0.3) is 10.1 Å². The maximum absolute atomic E-state index is 10.4. The third-order valence-corrected chi connectivity index (χ3v) is 3.44. The van der Waals surface area contributed by atoms with Crippen molar-refractivity contribution in [2.75, 3.05) is 12.4 Å². The third-order valence-electron chi connectivity index (χ3n) is 2.13. The first-order chi connectivity index (χ1) is 7.64. The Labute approximate surface area is 96.5 Å². The van der Waals surface area contributed by atoms with E-state index in [4.69, 9.17) is 5.73 Å². The van der Waals surface area contributed by atoms with E-state index in [1.165, 1.54) is 5.56 Å². The van der Waals surface area contributed by atoms with Crippen LogP contribution in [0.15, 0.2) is 30.3 Å². The zero-order valence-electron chi connectivity index (χ0n) is 9.13. The van der Waals surface area contributed by atoms with E-state index in [0.717, 1.165) is 12.8 Å². The molecule has 2 rings (SSSR count). The van der Waals surface area contributed by atoms with E-state index < -0.39 is 10.1 Å². The van der Waals surface area contributed by atoms with E-state index in [-0.39, 0.29) is 5.75 Å². The lowest BCUT2D eigenvalue weighted by Crippen LogP contribution is -2.17. The Morgan fingerprint density at radius 2 is 1.88 bits per heavy atom. The summed E-state index contributed by atoms with van der Waals surface area (Å²) < 4.78 is 25.3. The molecule has 1 aliphatic rings. The lowest BCUT2D eigenvalue weighted by molar-refractivity contribution is 0.292. The summed E-state index contributed by atoms with van der Waals surface area (Å²) in [6.45, 7) is 1.02. The van der Waals surface area contributed by atoms with Crippen LogP contribution in [-0.2, 0) is 20.8 Å². The predicted octanol–water partition coefficient (Wildman–Crippen LogP) is 1.27. The number of benzene rings is 1. The van der Waals surface area contributed by atoms with Crippen molar-refractivity contribution < 1.29 is 12.6 Å². The van der Waals surface area contributed by atoms with Crippen LogP contribution in [0.3, 0.4) is 0 Å². The van der Waals surface area contributed by atoms with Crippen molar-refractivity contribution in [2.45, 2.75) is 19.4 Å². The SMILES string of the molecule is NCc1ccccc1.O=S1(=O)CCCCO1. The molecular formula is C11H17NO3S. The van der Waals surface area contributed by atoms with Gasteiger partial charge in [-0.25, -0.2) is 0 Å². The van der Waals surface area contributed by atoms with Crippen LogP contribution in [0.1, 0.15) is 18.4 Å². The van der Waals surface area contributed by atoms with Gasteiger partial charge in [0.05, 0.1) is 12.4 Å². The minimum atomic E-state index is -3.08. The van der Waals surface area contributed by atoms with Crippen molar-refractivity contribution >= 4 is 10.1 Å². The highest BCUT2D eigenvalue weighted by Gasteiger charge is 2.14. The molecule has 0 aromatic heterocycles. The summed E-state index contributed by atoms with van der Waals surface area (Å²) in [4.78, 5) is 0. The van der Waals surface area contributed by atoms with Gasteiger partial charge in [0.1, 0.15) is 0 Å². The van der Waals surface area contributed by atoms with Crippen molar-refractivity contribution in [3.63, 3.8) is 0 Å². The quantitative estimate of drug-likeness (QED) is 0.754. The molecule has 1 saturated heterocycles. The van der Waals surface area contributed by atoms with Gasteiger partial charge in [-0.15, -0.1) is 0 Å². The second kappa shape index (κ2) is 6.62. The second-order valence-electron chi connectivity index (χ2n) is 3.48. The Morgan fingerprint density at radius 1 is 1.19 bits per heavy atom. The normalized spacial score (nSPS) is 18.3. The fourth-order valence-electron chi connectivity index (χ4n) is 1.24. The van der Waals surface area contributed by atoms with Gasteiger partial charge in [0.2, 0.25) is 0 Å². The molecule has 1 aromatic carbocycles. The molecule has 1 aromatic rings. The Morgan fingerprint density at radius 3 is 2.19 bits per heavy atom. The standard InChI is InChI=1S/C7H9N.C4H8O3S/c8-6-7-4-2-1-3-5-7;5-8(6)4-2-1-3-7-8/h1-5H,6,8H2;1-4H2. The van der Waals surface area contributed by atoms with Crippen LogP contribution in [0, 0.1) is 0 Å². The average molecular weight is 243 g/mol. The first-order valence-corrected chi connectivity index (χ1v) is 6.83. The lowest BCUT2D eigenvalue weighted by Gasteiger charge is -2.09. The molecule has 2 N–H and O–H groups in total. The topological polar surface area (TPSA) is 69.4 Å². The van der Waals surface area contributed by atoms with Gasteiger partial charge in [-0.2, -0.15) is 8.42 Å². The first-order valence-electron chi connectivity index (χ1n) is 5.25. The number of rotatable bonds is 1. The van der Waals surface area contributed by atoms with Gasteiger partial charge >= 0.3 is 0 Å². The van der Waals surface area contributed by atoms with Crippen molar-refractivity contribution in [3.8, 4) is 0 Å². The Hall–Kier alpha value is -0.910. The summed E-state index contributed by atoms with van der Waals surface area (Å²) in [6, 6.07) is 9.99. The van der Waals surface area contributed by atoms with Gasteiger partial charge < -0.3 is 5.73 Å². The van der Waals surface area contributed by atoms with Crippen LogP contribution in [0.4, 0.5) is 0 Å². The van der Waals surface area contributed by atoms with Crippen LogP contribution in [-0.4, -0.2) is 20.8 Å². The fourth-order valence-corrected chi connectivity index (χ4v) is 2.29. The van der Waals surface area contributed by atoms with Crippen LogP contribution < -0.4 is 5.73 Å². The fraction of sp³-hybridized carbons (Fsp3) is 0.455. The maximum atomic E-state index is 10.4. The summed E-state index contributed by atoms with van der Waals surface area (Å²) in [6.07, 6.45) is 1.63. The minimum Gasteiger partial charge on any atom is -0.326 e. The molecular weight excluding hydrogens is 226 g/mol. The molecule has 1 heterocycles. The molecule has 0 amide bonds. The summed E-state index contributed by atoms with van der Waals surface area (Å²) >= 11 is 0. The molecule has 0 saturated carbocycles. The van der Waals surface area contributed by atoms with Crippen molar-refractivity contribution in [2.24, 2.45) is 5.73 Å². The molecule has 0 aliphatic carbocycles. The van der Waals surface area contributed by atoms with Crippen molar-refractivity contribution in [1.82, 2.24) is 0 Å². The monoisotopic (exact) mass is 243 g/mol. The largest absolute Gasteiger partial charge is 0.326 e.